The van der Waals surface area contributed by atoms with E-state index in [2.05, 4.69) is 15.7 Å². The summed E-state index contributed by atoms with van der Waals surface area (Å²) in [7, 11) is 0. The first-order valence-corrected chi connectivity index (χ1v) is 9.38. The van der Waals surface area contributed by atoms with Gasteiger partial charge in [-0.05, 0) is 18.2 Å². The van der Waals surface area contributed by atoms with Gasteiger partial charge < -0.3 is 25.4 Å². The van der Waals surface area contributed by atoms with Crippen LogP contribution in [0.1, 0.15) is 6.92 Å². The van der Waals surface area contributed by atoms with Crippen molar-refractivity contribution < 1.29 is 28.6 Å². The third-order valence-electron chi connectivity index (χ3n) is 4.51. The molecule has 3 N–H and O–H groups in total. The second-order valence-electron chi connectivity index (χ2n) is 6.69. The number of carbonyl (C=O) groups is 3. The van der Waals surface area contributed by atoms with Crippen LogP contribution in [0.15, 0.2) is 23.3 Å². The smallest absolute Gasteiger partial charge is 0.414 e. The molecule has 1 fully saturated rings. The molecular formula is C18H23FN6O5. The number of hydrogen-bond donors (Lipinski definition) is 3. The van der Waals surface area contributed by atoms with E-state index in [0.717, 1.165) is 0 Å². The standard InChI is InChI=1S/C18H23FN6O5/c1-12(27)21-9-14-10-24(18(29)30-14)13-2-3-16(15(19)8-13)23-5-6-25(22-11-23)17(28)20-4-7-26/h2-3,8,11,14,26H,4-7,9-10H2,1H3,(H,20,28)(H,21,27). The number of rotatable bonds is 6. The number of carbonyl (C=O) groups excluding carboxylic acids is 3. The van der Waals surface area contributed by atoms with E-state index in [0.29, 0.717) is 12.2 Å². The summed E-state index contributed by atoms with van der Waals surface area (Å²) >= 11 is 0. The van der Waals surface area contributed by atoms with E-state index in [1.54, 1.807) is 11.0 Å². The molecule has 11 nitrogen and oxygen atoms in total. The molecule has 2 aliphatic rings. The average molecular weight is 422 g/mol. The predicted octanol–water partition coefficient (Wildman–Crippen LogP) is 0.0542. The van der Waals surface area contributed by atoms with Crippen LogP contribution in [0, 0.1) is 5.82 Å². The van der Waals surface area contributed by atoms with Crippen molar-refractivity contribution in [2.24, 2.45) is 5.10 Å². The number of anilines is 2. The number of amides is 4. The van der Waals surface area contributed by atoms with Crippen molar-refractivity contribution in [2.45, 2.75) is 13.0 Å². The Morgan fingerprint density at radius 2 is 2.13 bits per heavy atom. The van der Waals surface area contributed by atoms with Crippen LogP contribution in [0.4, 0.5) is 25.4 Å². The van der Waals surface area contributed by atoms with Crippen molar-refractivity contribution in [2.75, 3.05) is 49.1 Å². The maximum atomic E-state index is 14.7. The molecule has 1 aromatic carbocycles. The molecule has 12 heteroatoms. The van der Waals surface area contributed by atoms with E-state index in [1.807, 2.05) is 0 Å². The van der Waals surface area contributed by atoms with Gasteiger partial charge in [0.15, 0.2) is 0 Å². The zero-order valence-corrected chi connectivity index (χ0v) is 16.4. The number of hydrogen-bond acceptors (Lipinski definition) is 7. The molecule has 1 aromatic rings. The summed E-state index contributed by atoms with van der Waals surface area (Å²) < 4.78 is 19.9. The van der Waals surface area contributed by atoms with Crippen LogP contribution in [0.3, 0.4) is 0 Å². The van der Waals surface area contributed by atoms with Gasteiger partial charge in [-0.3, -0.25) is 9.69 Å². The Labute approximate surface area is 172 Å². The number of nitrogens with zero attached hydrogens (tertiary/aromatic N) is 4. The van der Waals surface area contributed by atoms with Gasteiger partial charge in [-0.2, -0.15) is 5.10 Å². The van der Waals surface area contributed by atoms with Crippen LogP contribution in [0.2, 0.25) is 0 Å². The fourth-order valence-corrected chi connectivity index (χ4v) is 3.03. The highest BCUT2D eigenvalue weighted by Crippen LogP contribution is 2.28. The zero-order valence-electron chi connectivity index (χ0n) is 16.4. The van der Waals surface area contributed by atoms with Gasteiger partial charge in [-0.1, -0.05) is 0 Å². The molecule has 1 unspecified atom stereocenters. The van der Waals surface area contributed by atoms with Crippen LogP contribution in [0.5, 0.6) is 0 Å². The van der Waals surface area contributed by atoms with Gasteiger partial charge >= 0.3 is 12.1 Å². The Kier molecular flexibility index (Phi) is 6.67. The van der Waals surface area contributed by atoms with Crippen LogP contribution < -0.4 is 20.4 Å². The van der Waals surface area contributed by atoms with Crippen molar-refractivity contribution in [1.82, 2.24) is 15.6 Å². The summed E-state index contributed by atoms with van der Waals surface area (Å²) in [5.74, 6) is -0.789. The highest BCUT2D eigenvalue weighted by atomic mass is 19.1. The SMILES string of the molecule is CC(=O)NCC1CN(c2ccc(N3C=NN(C(=O)NCCO)CC3)c(F)c2)C(=O)O1. The summed E-state index contributed by atoms with van der Waals surface area (Å²) in [4.78, 5) is 37.8. The van der Waals surface area contributed by atoms with E-state index < -0.39 is 24.0 Å². The molecule has 0 saturated carbocycles. The van der Waals surface area contributed by atoms with Gasteiger partial charge in [-0.15, -0.1) is 0 Å². The van der Waals surface area contributed by atoms with E-state index in [-0.39, 0.29) is 44.4 Å². The molecule has 0 bridgehead atoms. The number of aliphatic hydroxyl groups excluding tert-OH is 1. The topological polar surface area (TPSA) is 127 Å². The van der Waals surface area contributed by atoms with Crippen LogP contribution in [0.25, 0.3) is 0 Å². The molecule has 4 amide bonds. The molecule has 0 spiro atoms. The Morgan fingerprint density at radius 3 is 2.77 bits per heavy atom. The Bertz CT molecular complexity index is 850. The normalized spacial score (nSPS) is 18.4. The minimum Gasteiger partial charge on any atom is -0.442 e. The molecule has 0 radical (unpaired) electrons. The molecular weight excluding hydrogens is 399 g/mol. The molecule has 1 saturated heterocycles. The molecule has 30 heavy (non-hydrogen) atoms. The number of benzene rings is 1. The molecule has 162 valence electrons. The first-order valence-electron chi connectivity index (χ1n) is 9.38. The minimum atomic E-state index is -0.610. The number of aliphatic hydroxyl groups is 1. The van der Waals surface area contributed by atoms with Gasteiger partial charge in [-0.25, -0.2) is 19.0 Å². The van der Waals surface area contributed by atoms with E-state index in [9.17, 15) is 18.8 Å². The van der Waals surface area contributed by atoms with E-state index >= 15 is 0 Å². The lowest BCUT2D eigenvalue weighted by Crippen LogP contribution is -2.45. The highest BCUT2D eigenvalue weighted by Gasteiger charge is 2.33. The number of ether oxygens (including phenoxy) is 1. The Balaban J connectivity index is 1.64. The monoisotopic (exact) mass is 422 g/mol. The largest absolute Gasteiger partial charge is 0.442 e. The summed E-state index contributed by atoms with van der Waals surface area (Å²) in [6.45, 7) is 2.24. The summed E-state index contributed by atoms with van der Waals surface area (Å²) in [5, 5.41) is 19.0. The summed E-state index contributed by atoms with van der Waals surface area (Å²) in [6.07, 6.45) is 0.219. The predicted molar refractivity (Wildman–Crippen MR) is 106 cm³/mol. The molecule has 2 heterocycles. The number of cyclic esters (lactones) is 1. The van der Waals surface area contributed by atoms with Crippen molar-refractivity contribution >= 4 is 35.7 Å². The lowest BCUT2D eigenvalue weighted by Gasteiger charge is -2.29. The van der Waals surface area contributed by atoms with E-state index in [1.165, 1.54) is 35.3 Å². The van der Waals surface area contributed by atoms with Gasteiger partial charge in [0.25, 0.3) is 0 Å². The van der Waals surface area contributed by atoms with Gasteiger partial charge in [0, 0.05) is 20.0 Å². The molecule has 0 aliphatic carbocycles. The van der Waals surface area contributed by atoms with Gasteiger partial charge in [0.2, 0.25) is 5.91 Å². The van der Waals surface area contributed by atoms with Crippen LogP contribution >= 0.6 is 0 Å². The summed E-state index contributed by atoms with van der Waals surface area (Å²) in [6, 6.07) is 3.89. The lowest BCUT2D eigenvalue weighted by molar-refractivity contribution is -0.119. The summed E-state index contributed by atoms with van der Waals surface area (Å²) in [5.41, 5.74) is 0.589. The second kappa shape index (κ2) is 9.39. The first-order chi connectivity index (χ1) is 14.4. The maximum Gasteiger partial charge on any atom is 0.414 e. The van der Waals surface area contributed by atoms with Crippen molar-refractivity contribution in [3.63, 3.8) is 0 Å². The number of hydrazone groups is 1. The molecule has 2 aliphatic heterocycles. The zero-order chi connectivity index (χ0) is 21.7. The minimum absolute atomic E-state index is 0.120. The molecule has 0 aromatic heterocycles. The number of nitrogens with one attached hydrogen (secondary N) is 2. The first kappa shape index (κ1) is 21.3. The average Bonchev–Trinajstić information content (AvgIpc) is 3.11. The highest BCUT2D eigenvalue weighted by molar-refractivity contribution is 5.91. The number of urea groups is 1. The Morgan fingerprint density at radius 1 is 1.33 bits per heavy atom. The van der Waals surface area contributed by atoms with E-state index in [4.69, 9.17) is 9.84 Å². The quantitative estimate of drug-likeness (QED) is 0.595. The fourth-order valence-electron chi connectivity index (χ4n) is 3.03. The third kappa shape index (κ3) is 4.95. The van der Waals surface area contributed by atoms with Crippen LogP contribution in [-0.4, -0.2) is 79.9 Å². The van der Waals surface area contributed by atoms with Crippen molar-refractivity contribution in [3.8, 4) is 0 Å². The second-order valence-corrected chi connectivity index (χ2v) is 6.69. The Hall–Kier alpha value is -3.41. The molecule has 3 rings (SSSR count). The molecule has 1 atom stereocenters. The van der Waals surface area contributed by atoms with Crippen molar-refractivity contribution in [1.29, 1.82) is 0 Å². The van der Waals surface area contributed by atoms with Crippen molar-refractivity contribution in [3.05, 3.63) is 24.0 Å². The lowest BCUT2D eigenvalue weighted by atomic mass is 10.2. The third-order valence-corrected chi connectivity index (χ3v) is 4.51. The van der Waals surface area contributed by atoms with Gasteiger partial charge in [0.1, 0.15) is 18.3 Å². The van der Waals surface area contributed by atoms with Crippen LogP contribution in [-0.2, 0) is 9.53 Å². The number of halogens is 1. The van der Waals surface area contributed by atoms with Gasteiger partial charge in [0.05, 0.1) is 37.6 Å². The maximum absolute atomic E-state index is 14.7. The fraction of sp³-hybridized carbons (Fsp3) is 0.444.